The quantitative estimate of drug-likeness (QED) is 0.442. The Bertz CT molecular complexity index is 1510. The van der Waals surface area contributed by atoms with Crippen molar-refractivity contribution in [2.24, 2.45) is 0 Å². The number of pyridine rings is 1. The molecule has 35 heavy (non-hydrogen) atoms. The van der Waals surface area contributed by atoms with E-state index in [1.54, 1.807) is 17.9 Å². The first-order valence-electron chi connectivity index (χ1n) is 11.4. The van der Waals surface area contributed by atoms with E-state index in [4.69, 9.17) is 9.72 Å². The third-order valence-corrected chi connectivity index (χ3v) is 8.04. The fourth-order valence-corrected chi connectivity index (χ4v) is 6.22. The van der Waals surface area contributed by atoms with Crippen LogP contribution < -0.4 is 10.1 Å². The largest absolute Gasteiger partial charge is 0.497 e. The Morgan fingerprint density at radius 1 is 1.14 bits per heavy atom. The van der Waals surface area contributed by atoms with Crippen molar-refractivity contribution in [2.75, 3.05) is 18.6 Å². The van der Waals surface area contributed by atoms with Gasteiger partial charge >= 0.3 is 0 Å². The molecular weight excluding hydrogens is 464 g/mol. The lowest BCUT2D eigenvalue weighted by Crippen LogP contribution is -2.23. The van der Waals surface area contributed by atoms with Crippen LogP contribution >= 0.6 is 0 Å². The highest BCUT2D eigenvalue weighted by atomic mass is 32.2. The summed E-state index contributed by atoms with van der Waals surface area (Å²) in [5, 5.41) is 8.29. The molecular formula is C26H26N4O4S. The molecule has 0 saturated carbocycles. The van der Waals surface area contributed by atoms with Crippen LogP contribution in [0.5, 0.6) is 5.75 Å². The maximum absolute atomic E-state index is 13.5. The summed E-state index contributed by atoms with van der Waals surface area (Å²) in [6.45, 7) is 2.15. The van der Waals surface area contributed by atoms with Crippen LogP contribution in [0.15, 0.2) is 60.7 Å². The Hall–Kier alpha value is -3.72. The van der Waals surface area contributed by atoms with Gasteiger partial charge in [-0.05, 0) is 37.1 Å². The lowest BCUT2D eigenvalue weighted by atomic mass is 10.0. The van der Waals surface area contributed by atoms with Crippen LogP contribution in [0.25, 0.3) is 22.3 Å². The predicted molar refractivity (Wildman–Crippen MR) is 134 cm³/mol. The zero-order chi connectivity index (χ0) is 24.6. The van der Waals surface area contributed by atoms with E-state index >= 15 is 0 Å². The molecule has 5 rings (SSSR count). The third-order valence-electron chi connectivity index (χ3n) is 6.29. The summed E-state index contributed by atoms with van der Waals surface area (Å²) >= 11 is 0. The number of ether oxygens (including phenoxy) is 1. The van der Waals surface area contributed by atoms with Gasteiger partial charge < -0.3 is 10.1 Å². The highest BCUT2D eigenvalue weighted by Crippen LogP contribution is 2.32. The maximum atomic E-state index is 13.5. The van der Waals surface area contributed by atoms with E-state index in [2.05, 4.69) is 10.4 Å². The van der Waals surface area contributed by atoms with Gasteiger partial charge in [0, 0.05) is 12.1 Å². The molecule has 180 valence electrons. The van der Waals surface area contributed by atoms with Crippen LogP contribution in [-0.4, -0.2) is 47.7 Å². The molecule has 1 aliphatic heterocycles. The van der Waals surface area contributed by atoms with Gasteiger partial charge in [0.05, 0.1) is 47.0 Å². The summed E-state index contributed by atoms with van der Waals surface area (Å²) in [5.41, 5.74) is 4.03. The Morgan fingerprint density at radius 2 is 1.94 bits per heavy atom. The molecule has 2 aromatic heterocycles. The number of sulfone groups is 1. The third kappa shape index (κ3) is 4.64. The van der Waals surface area contributed by atoms with Crippen LogP contribution in [0.3, 0.4) is 0 Å². The predicted octanol–water partition coefficient (Wildman–Crippen LogP) is 3.70. The number of hydrogen-bond donors (Lipinski definition) is 1. The van der Waals surface area contributed by atoms with E-state index in [0.29, 0.717) is 41.0 Å². The minimum Gasteiger partial charge on any atom is -0.497 e. The number of aromatic nitrogens is 3. The van der Waals surface area contributed by atoms with Gasteiger partial charge in [0.2, 0.25) is 0 Å². The molecule has 3 heterocycles. The molecule has 1 N–H and O–H groups in total. The topological polar surface area (TPSA) is 103 Å². The number of hydrogen-bond acceptors (Lipinski definition) is 6. The molecule has 0 bridgehead atoms. The van der Waals surface area contributed by atoms with Gasteiger partial charge in [-0.1, -0.05) is 42.5 Å². The molecule has 1 fully saturated rings. The number of carbonyl (C=O) groups excluding carboxylic acids is 1. The molecule has 0 aliphatic carbocycles. The number of benzene rings is 2. The lowest BCUT2D eigenvalue weighted by Gasteiger charge is -2.12. The number of aryl methyl sites for hydroxylation is 1. The van der Waals surface area contributed by atoms with Gasteiger partial charge in [0.25, 0.3) is 5.91 Å². The average Bonchev–Trinajstić information content (AvgIpc) is 3.41. The van der Waals surface area contributed by atoms with Crippen molar-refractivity contribution in [3.8, 4) is 17.0 Å². The standard InChI is InChI=1S/C26H26N4O4S/c1-17-24-22(26(31)27-15-18-7-6-10-21(13-18)34-2)14-23(19-8-4-3-5-9-19)28-25(24)30(29-17)20-11-12-35(32,33)16-20/h3-10,13-14,20H,11-12,15-16H2,1-2H3,(H,27,31). The van der Waals surface area contributed by atoms with E-state index in [9.17, 15) is 13.2 Å². The van der Waals surface area contributed by atoms with Gasteiger partial charge in [-0.3, -0.25) is 4.79 Å². The molecule has 1 atom stereocenters. The summed E-state index contributed by atoms with van der Waals surface area (Å²) in [7, 11) is -1.51. The number of fused-ring (bicyclic) bond motifs is 1. The normalized spacial score (nSPS) is 16.9. The van der Waals surface area contributed by atoms with Crippen molar-refractivity contribution >= 4 is 26.8 Å². The number of nitrogens with zero attached hydrogens (tertiary/aromatic N) is 3. The molecule has 4 aromatic rings. The molecule has 9 heteroatoms. The highest BCUT2D eigenvalue weighted by Gasteiger charge is 2.32. The summed E-state index contributed by atoms with van der Waals surface area (Å²) in [6.07, 6.45) is 0.479. The van der Waals surface area contributed by atoms with Crippen molar-refractivity contribution in [3.63, 3.8) is 0 Å². The summed E-state index contributed by atoms with van der Waals surface area (Å²) in [5.74, 6) is 0.624. The summed E-state index contributed by atoms with van der Waals surface area (Å²) in [4.78, 5) is 18.3. The second-order valence-electron chi connectivity index (χ2n) is 8.74. The number of nitrogens with one attached hydrogen (secondary N) is 1. The van der Waals surface area contributed by atoms with Crippen molar-refractivity contribution in [3.05, 3.63) is 77.5 Å². The Labute approximate surface area is 203 Å². The Kier molecular flexibility index (Phi) is 6.02. The molecule has 1 aliphatic rings. The van der Waals surface area contributed by atoms with Crippen LogP contribution in [0, 0.1) is 6.92 Å². The minimum absolute atomic E-state index is 0.0256. The molecule has 1 unspecified atom stereocenters. The first kappa shape index (κ1) is 23.0. The van der Waals surface area contributed by atoms with Gasteiger partial charge in [-0.25, -0.2) is 18.1 Å². The minimum atomic E-state index is -3.11. The number of methoxy groups -OCH3 is 1. The second kappa shape index (κ2) is 9.14. The van der Waals surface area contributed by atoms with Gasteiger partial charge in [0.1, 0.15) is 5.75 Å². The fourth-order valence-electron chi connectivity index (χ4n) is 4.53. The summed E-state index contributed by atoms with van der Waals surface area (Å²) in [6, 6.07) is 18.6. The number of amides is 1. The maximum Gasteiger partial charge on any atom is 0.252 e. The smallest absolute Gasteiger partial charge is 0.252 e. The number of rotatable bonds is 6. The Balaban J connectivity index is 1.58. The first-order chi connectivity index (χ1) is 16.8. The molecule has 8 nitrogen and oxygen atoms in total. The van der Waals surface area contributed by atoms with Gasteiger partial charge in [0.15, 0.2) is 15.5 Å². The Morgan fingerprint density at radius 3 is 2.66 bits per heavy atom. The average molecular weight is 491 g/mol. The monoisotopic (exact) mass is 490 g/mol. The zero-order valence-corrected chi connectivity index (χ0v) is 20.4. The van der Waals surface area contributed by atoms with E-state index in [1.807, 2.05) is 61.5 Å². The lowest BCUT2D eigenvalue weighted by molar-refractivity contribution is 0.0952. The van der Waals surface area contributed by atoms with E-state index in [-0.39, 0.29) is 23.5 Å². The van der Waals surface area contributed by atoms with Gasteiger partial charge in [-0.15, -0.1) is 0 Å². The van der Waals surface area contributed by atoms with Crippen molar-refractivity contribution in [1.29, 1.82) is 0 Å². The van der Waals surface area contributed by atoms with Crippen LogP contribution in [0.4, 0.5) is 0 Å². The number of carbonyl (C=O) groups is 1. The van der Waals surface area contributed by atoms with Crippen LogP contribution in [0.2, 0.25) is 0 Å². The van der Waals surface area contributed by atoms with Crippen molar-refractivity contribution < 1.29 is 17.9 Å². The molecule has 1 amide bonds. The summed E-state index contributed by atoms with van der Waals surface area (Å²) < 4.78 is 31.3. The van der Waals surface area contributed by atoms with E-state index in [0.717, 1.165) is 16.9 Å². The van der Waals surface area contributed by atoms with Crippen molar-refractivity contribution in [2.45, 2.75) is 25.9 Å². The zero-order valence-electron chi connectivity index (χ0n) is 19.6. The SMILES string of the molecule is COc1cccc(CNC(=O)c2cc(-c3ccccc3)nc3c2c(C)nn3C2CCS(=O)(=O)C2)c1. The fraction of sp³-hybridized carbons (Fsp3) is 0.269. The highest BCUT2D eigenvalue weighted by molar-refractivity contribution is 7.91. The molecule has 0 spiro atoms. The molecule has 1 saturated heterocycles. The van der Waals surface area contributed by atoms with Crippen molar-refractivity contribution in [1.82, 2.24) is 20.1 Å². The molecule has 2 aromatic carbocycles. The second-order valence-corrected chi connectivity index (χ2v) is 11.0. The van der Waals surface area contributed by atoms with Gasteiger partial charge in [-0.2, -0.15) is 5.10 Å². The van der Waals surface area contributed by atoms with E-state index in [1.165, 1.54) is 0 Å². The van der Waals surface area contributed by atoms with Crippen LogP contribution in [0.1, 0.15) is 34.1 Å². The van der Waals surface area contributed by atoms with Crippen LogP contribution in [-0.2, 0) is 16.4 Å². The van der Waals surface area contributed by atoms with E-state index < -0.39 is 9.84 Å². The first-order valence-corrected chi connectivity index (χ1v) is 13.2. The molecule has 0 radical (unpaired) electrons.